The van der Waals surface area contributed by atoms with Gasteiger partial charge in [0.05, 0.1) is 13.4 Å². The first-order valence-electron chi connectivity index (χ1n) is 4.00. The second-order valence-corrected chi connectivity index (χ2v) is 2.91. The summed E-state index contributed by atoms with van der Waals surface area (Å²) in [7, 11) is 1.67. The van der Waals surface area contributed by atoms with Gasteiger partial charge in [0.1, 0.15) is 0 Å². The van der Waals surface area contributed by atoms with Crippen molar-refractivity contribution in [2.24, 2.45) is 0 Å². The normalized spacial score (nSPS) is 11.4. The van der Waals surface area contributed by atoms with Gasteiger partial charge in [-0.05, 0) is 25.0 Å². The van der Waals surface area contributed by atoms with Gasteiger partial charge < -0.3 is 4.74 Å². The second-order valence-electron chi connectivity index (χ2n) is 2.91. The third kappa shape index (κ3) is 2.12. The molecule has 0 heterocycles. The molecule has 1 heteroatoms. The highest BCUT2D eigenvalue weighted by molar-refractivity contribution is 5.63. The van der Waals surface area contributed by atoms with E-state index in [1.54, 1.807) is 13.4 Å². The third-order valence-electron chi connectivity index (χ3n) is 1.77. The lowest BCUT2D eigenvalue weighted by molar-refractivity contribution is 0.339. The molecule has 1 aromatic rings. The molecular weight excluding hydrogens is 148 g/mol. The van der Waals surface area contributed by atoms with Crippen LogP contribution in [-0.4, -0.2) is 7.11 Å². The van der Waals surface area contributed by atoms with Crippen LogP contribution >= 0.6 is 0 Å². The molecule has 0 aromatic heterocycles. The molecule has 1 aromatic carbocycles. The van der Waals surface area contributed by atoms with Crippen molar-refractivity contribution >= 4 is 5.57 Å². The van der Waals surface area contributed by atoms with E-state index in [4.69, 9.17) is 4.74 Å². The van der Waals surface area contributed by atoms with Crippen LogP contribution in [0.4, 0.5) is 0 Å². The fraction of sp³-hybridized carbons (Fsp3) is 0.273. The number of methoxy groups -OCH3 is 1. The molecule has 0 N–H and O–H groups in total. The molecule has 1 rings (SSSR count). The van der Waals surface area contributed by atoms with Crippen LogP contribution in [0, 0.1) is 6.92 Å². The number of aryl methyl sites for hydroxylation is 1. The van der Waals surface area contributed by atoms with E-state index >= 15 is 0 Å². The van der Waals surface area contributed by atoms with Crippen molar-refractivity contribution in [1.29, 1.82) is 0 Å². The lowest BCUT2D eigenvalue weighted by Gasteiger charge is -2.01. The Bertz CT molecular complexity index is 287. The van der Waals surface area contributed by atoms with Gasteiger partial charge in [-0.25, -0.2) is 0 Å². The van der Waals surface area contributed by atoms with Gasteiger partial charge in [0.15, 0.2) is 0 Å². The van der Waals surface area contributed by atoms with Crippen molar-refractivity contribution in [3.8, 4) is 0 Å². The Morgan fingerprint density at radius 3 is 2.75 bits per heavy atom. The fourth-order valence-electron chi connectivity index (χ4n) is 1.14. The monoisotopic (exact) mass is 162 g/mol. The van der Waals surface area contributed by atoms with Gasteiger partial charge >= 0.3 is 0 Å². The predicted molar refractivity (Wildman–Crippen MR) is 51.8 cm³/mol. The van der Waals surface area contributed by atoms with Crippen molar-refractivity contribution in [1.82, 2.24) is 0 Å². The van der Waals surface area contributed by atoms with Crippen LogP contribution in [0.5, 0.6) is 0 Å². The Hall–Kier alpha value is -1.24. The molecule has 0 aliphatic carbocycles. The molecule has 0 amide bonds. The summed E-state index contributed by atoms with van der Waals surface area (Å²) in [6.07, 6.45) is 1.76. The minimum absolute atomic E-state index is 1.15. The lowest BCUT2D eigenvalue weighted by atomic mass is 10.1. The summed E-state index contributed by atoms with van der Waals surface area (Å²) < 4.78 is 4.94. The number of hydrogen-bond donors (Lipinski definition) is 0. The third-order valence-corrected chi connectivity index (χ3v) is 1.77. The molecular formula is C11H14O. The zero-order valence-electron chi connectivity index (χ0n) is 7.79. The molecule has 0 spiro atoms. The fourth-order valence-corrected chi connectivity index (χ4v) is 1.14. The first-order valence-corrected chi connectivity index (χ1v) is 4.00. The van der Waals surface area contributed by atoms with Gasteiger partial charge in [-0.15, -0.1) is 0 Å². The van der Waals surface area contributed by atoms with Gasteiger partial charge in [-0.1, -0.05) is 29.8 Å². The Kier molecular flexibility index (Phi) is 2.92. The standard InChI is InChI=1S/C11H14O/c1-9-5-4-6-11(7-9)10(2)8-12-3/h4-8H,1-3H3/b10-8+. The smallest absolute Gasteiger partial charge is 0.0859 e. The van der Waals surface area contributed by atoms with Crippen molar-refractivity contribution in [3.05, 3.63) is 41.7 Å². The van der Waals surface area contributed by atoms with E-state index in [2.05, 4.69) is 31.2 Å². The summed E-state index contributed by atoms with van der Waals surface area (Å²) in [5.74, 6) is 0. The van der Waals surface area contributed by atoms with E-state index in [0.717, 1.165) is 5.57 Å². The number of ether oxygens (including phenoxy) is 1. The zero-order chi connectivity index (χ0) is 8.97. The van der Waals surface area contributed by atoms with Crippen molar-refractivity contribution in [2.45, 2.75) is 13.8 Å². The molecule has 0 unspecified atom stereocenters. The molecule has 0 saturated heterocycles. The zero-order valence-corrected chi connectivity index (χ0v) is 7.79. The summed E-state index contributed by atoms with van der Waals surface area (Å²) in [5.41, 5.74) is 3.65. The molecule has 1 nitrogen and oxygen atoms in total. The van der Waals surface area contributed by atoms with Crippen LogP contribution in [0.1, 0.15) is 18.1 Å². The molecule has 0 saturated carbocycles. The maximum Gasteiger partial charge on any atom is 0.0859 e. The quantitative estimate of drug-likeness (QED) is 0.607. The van der Waals surface area contributed by atoms with Gasteiger partial charge in [-0.3, -0.25) is 0 Å². The highest BCUT2D eigenvalue weighted by Crippen LogP contribution is 2.14. The van der Waals surface area contributed by atoms with Gasteiger partial charge in [0.25, 0.3) is 0 Å². The summed E-state index contributed by atoms with van der Waals surface area (Å²) in [6, 6.07) is 8.37. The Balaban J connectivity index is 2.95. The van der Waals surface area contributed by atoms with Crippen LogP contribution < -0.4 is 0 Å². The van der Waals surface area contributed by atoms with Gasteiger partial charge in [0, 0.05) is 0 Å². The summed E-state index contributed by atoms with van der Waals surface area (Å²) >= 11 is 0. The van der Waals surface area contributed by atoms with E-state index in [0.29, 0.717) is 0 Å². The van der Waals surface area contributed by atoms with Gasteiger partial charge in [0.2, 0.25) is 0 Å². The highest BCUT2D eigenvalue weighted by Gasteiger charge is 1.94. The first-order chi connectivity index (χ1) is 5.74. The average molecular weight is 162 g/mol. The summed E-state index contributed by atoms with van der Waals surface area (Å²) in [6.45, 7) is 4.13. The average Bonchev–Trinajstić information content (AvgIpc) is 2.05. The largest absolute Gasteiger partial charge is 0.504 e. The predicted octanol–water partition coefficient (Wildman–Crippen LogP) is 3.00. The SMILES string of the molecule is CO/C=C(\C)c1cccc(C)c1. The first kappa shape index (κ1) is 8.85. The van der Waals surface area contributed by atoms with Crippen LogP contribution in [0.25, 0.3) is 5.57 Å². The van der Waals surface area contributed by atoms with Crippen molar-refractivity contribution < 1.29 is 4.74 Å². The minimum Gasteiger partial charge on any atom is -0.504 e. The molecule has 0 bridgehead atoms. The Morgan fingerprint density at radius 2 is 2.17 bits per heavy atom. The summed E-state index contributed by atoms with van der Waals surface area (Å²) in [4.78, 5) is 0. The van der Waals surface area contributed by atoms with E-state index in [9.17, 15) is 0 Å². The number of benzene rings is 1. The van der Waals surface area contributed by atoms with Crippen molar-refractivity contribution in [3.63, 3.8) is 0 Å². The molecule has 0 atom stereocenters. The minimum atomic E-state index is 1.15. The molecule has 64 valence electrons. The number of hydrogen-bond acceptors (Lipinski definition) is 1. The lowest BCUT2D eigenvalue weighted by Crippen LogP contribution is -1.81. The molecule has 0 aliphatic rings. The highest BCUT2D eigenvalue weighted by atomic mass is 16.5. The number of rotatable bonds is 2. The van der Waals surface area contributed by atoms with Crippen LogP contribution in [-0.2, 0) is 4.74 Å². The summed E-state index contributed by atoms with van der Waals surface area (Å²) in [5, 5.41) is 0. The van der Waals surface area contributed by atoms with Crippen LogP contribution in [0.3, 0.4) is 0 Å². The van der Waals surface area contributed by atoms with E-state index in [1.807, 2.05) is 6.92 Å². The Morgan fingerprint density at radius 1 is 1.42 bits per heavy atom. The van der Waals surface area contributed by atoms with Gasteiger partial charge in [-0.2, -0.15) is 0 Å². The molecule has 0 radical (unpaired) electrons. The molecule has 12 heavy (non-hydrogen) atoms. The maximum atomic E-state index is 4.94. The topological polar surface area (TPSA) is 9.23 Å². The second kappa shape index (κ2) is 3.96. The van der Waals surface area contributed by atoms with Crippen molar-refractivity contribution in [2.75, 3.05) is 7.11 Å². The van der Waals surface area contributed by atoms with Crippen LogP contribution in [0.15, 0.2) is 30.5 Å². The maximum absolute atomic E-state index is 4.94. The molecule has 0 fully saturated rings. The number of allylic oxidation sites excluding steroid dienone is 1. The van der Waals surface area contributed by atoms with E-state index < -0.39 is 0 Å². The van der Waals surface area contributed by atoms with E-state index in [1.165, 1.54) is 11.1 Å². The molecule has 0 aliphatic heterocycles. The Labute approximate surface area is 73.7 Å². The van der Waals surface area contributed by atoms with Crippen LogP contribution in [0.2, 0.25) is 0 Å². The van der Waals surface area contributed by atoms with E-state index in [-0.39, 0.29) is 0 Å².